The van der Waals surface area contributed by atoms with Gasteiger partial charge in [-0.15, -0.1) is 0 Å². The summed E-state index contributed by atoms with van der Waals surface area (Å²) in [6, 6.07) is 9.43. The highest BCUT2D eigenvalue weighted by atomic mass is 16.2. The number of carbonyl (C=O) groups excluding carboxylic acids is 2. The molecule has 1 aromatic carbocycles. The molecule has 2 N–H and O–H groups in total. The quantitative estimate of drug-likeness (QED) is 0.834. The predicted octanol–water partition coefficient (Wildman–Crippen LogP) is 1.41. The van der Waals surface area contributed by atoms with E-state index in [-0.39, 0.29) is 17.9 Å². The maximum absolute atomic E-state index is 12.1. The van der Waals surface area contributed by atoms with Gasteiger partial charge in [0.25, 0.3) is 5.91 Å². The second-order valence-corrected chi connectivity index (χ2v) is 6.57. The van der Waals surface area contributed by atoms with E-state index < -0.39 is 0 Å². The minimum atomic E-state index is -0.0264. The summed E-state index contributed by atoms with van der Waals surface area (Å²) in [5.74, 6) is 0.946. The zero-order valence-electron chi connectivity index (χ0n) is 13.5. The third kappa shape index (κ3) is 4.79. The van der Waals surface area contributed by atoms with E-state index in [0.29, 0.717) is 12.1 Å². The van der Waals surface area contributed by atoms with E-state index >= 15 is 0 Å². The molecule has 0 unspecified atom stereocenters. The molecular formula is C18H25N3O2. The first-order chi connectivity index (χ1) is 11.2. The third-order valence-electron chi connectivity index (χ3n) is 4.63. The number of benzene rings is 1. The average Bonchev–Trinajstić information content (AvgIpc) is 3.40. The topological polar surface area (TPSA) is 61.4 Å². The number of piperidine rings is 1. The lowest BCUT2D eigenvalue weighted by Crippen LogP contribution is -2.48. The van der Waals surface area contributed by atoms with E-state index in [2.05, 4.69) is 10.6 Å². The molecule has 2 fully saturated rings. The van der Waals surface area contributed by atoms with E-state index in [1.54, 1.807) is 0 Å². The highest BCUT2D eigenvalue weighted by Crippen LogP contribution is 2.27. The van der Waals surface area contributed by atoms with Gasteiger partial charge in [-0.3, -0.25) is 9.59 Å². The van der Waals surface area contributed by atoms with Crippen LogP contribution in [0.5, 0.6) is 0 Å². The number of likely N-dealkylation sites (tertiary alicyclic amines) is 1. The van der Waals surface area contributed by atoms with Crippen molar-refractivity contribution in [3.05, 3.63) is 35.9 Å². The lowest BCUT2D eigenvalue weighted by Gasteiger charge is -2.32. The van der Waals surface area contributed by atoms with Crippen LogP contribution in [0.4, 0.5) is 0 Å². The minimum Gasteiger partial charge on any atom is -0.349 e. The second kappa shape index (κ2) is 7.59. The molecule has 5 nitrogen and oxygen atoms in total. The molecule has 1 saturated carbocycles. The Balaban J connectivity index is 1.37. The first-order valence-corrected chi connectivity index (χ1v) is 8.57. The largest absolute Gasteiger partial charge is 0.349 e. The fourth-order valence-electron chi connectivity index (χ4n) is 2.95. The van der Waals surface area contributed by atoms with Gasteiger partial charge in [0.2, 0.25) is 5.91 Å². The molecule has 0 bridgehead atoms. The highest BCUT2D eigenvalue weighted by molar-refractivity contribution is 5.94. The molecule has 2 aliphatic rings. The van der Waals surface area contributed by atoms with Gasteiger partial charge in [0.05, 0.1) is 6.54 Å². The number of hydrogen-bond acceptors (Lipinski definition) is 3. The first-order valence-electron chi connectivity index (χ1n) is 8.57. The van der Waals surface area contributed by atoms with Crippen LogP contribution in [0.2, 0.25) is 0 Å². The van der Waals surface area contributed by atoms with E-state index in [4.69, 9.17) is 0 Å². The van der Waals surface area contributed by atoms with Crippen LogP contribution in [-0.4, -0.2) is 48.9 Å². The minimum absolute atomic E-state index is 0.0264. The molecule has 1 aromatic rings. The Kier molecular flexibility index (Phi) is 5.28. The molecule has 0 radical (unpaired) electrons. The van der Waals surface area contributed by atoms with Gasteiger partial charge in [-0.2, -0.15) is 0 Å². The van der Waals surface area contributed by atoms with Crippen LogP contribution in [0.3, 0.4) is 0 Å². The SMILES string of the molecule is O=C(NC1CCN(C(=O)CNCC2CC2)CC1)c1ccccc1. The van der Waals surface area contributed by atoms with Gasteiger partial charge in [0, 0.05) is 24.7 Å². The molecular weight excluding hydrogens is 290 g/mol. The lowest BCUT2D eigenvalue weighted by molar-refractivity contribution is -0.131. The summed E-state index contributed by atoms with van der Waals surface area (Å²) in [7, 11) is 0. The lowest BCUT2D eigenvalue weighted by atomic mass is 10.0. The van der Waals surface area contributed by atoms with Crippen molar-refractivity contribution in [2.24, 2.45) is 5.92 Å². The van der Waals surface area contributed by atoms with Gasteiger partial charge in [-0.1, -0.05) is 18.2 Å². The summed E-state index contributed by atoms with van der Waals surface area (Å²) in [5.41, 5.74) is 0.690. The Labute approximate surface area is 137 Å². The van der Waals surface area contributed by atoms with Crippen molar-refractivity contribution in [2.75, 3.05) is 26.2 Å². The Morgan fingerprint density at radius 3 is 2.39 bits per heavy atom. The Morgan fingerprint density at radius 2 is 1.74 bits per heavy atom. The summed E-state index contributed by atoms with van der Waals surface area (Å²) in [5, 5.41) is 6.32. The molecule has 0 atom stereocenters. The van der Waals surface area contributed by atoms with Crippen LogP contribution in [-0.2, 0) is 4.79 Å². The monoisotopic (exact) mass is 315 g/mol. The van der Waals surface area contributed by atoms with E-state index in [1.807, 2.05) is 35.2 Å². The first kappa shape index (κ1) is 16.0. The maximum atomic E-state index is 12.1. The molecule has 1 heterocycles. The molecule has 0 aromatic heterocycles. The van der Waals surface area contributed by atoms with Crippen LogP contribution in [0.1, 0.15) is 36.0 Å². The standard InChI is InChI=1S/C18H25N3O2/c22-17(13-19-12-14-6-7-14)21-10-8-16(9-11-21)20-18(23)15-4-2-1-3-5-15/h1-5,14,16,19H,6-13H2,(H,20,23). The van der Waals surface area contributed by atoms with Crippen molar-refractivity contribution >= 4 is 11.8 Å². The molecule has 3 rings (SSSR count). The number of nitrogens with one attached hydrogen (secondary N) is 2. The van der Waals surface area contributed by atoms with E-state index in [9.17, 15) is 9.59 Å². The summed E-state index contributed by atoms with van der Waals surface area (Å²) < 4.78 is 0. The fourth-order valence-corrected chi connectivity index (χ4v) is 2.95. The zero-order valence-corrected chi connectivity index (χ0v) is 13.5. The van der Waals surface area contributed by atoms with Crippen molar-refractivity contribution in [1.29, 1.82) is 0 Å². The van der Waals surface area contributed by atoms with Gasteiger partial charge in [-0.25, -0.2) is 0 Å². The molecule has 124 valence electrons. The molecule has 1 aliphatic carbocycles. The molecule has 0 spiro atoms. The van der Waals surface area contributed by atoms with Crippen LogP contribution >= 0.6 is 0 Å². The average molecular weight is 315 g/mol. The van der Waals surface area contributed by atoms with Crippen molar-refractivity contribution in [3.8, 4) is 0 Å². The Morgan fingerprint density at radius 1 is 1.04 bits per heavy atom. The Bertz CT molecular complexity index is 534. The highest BCUT2D eigenvalue weighted by Gasteiger charge is 2.25. The molecule has 2 amide bonds. The van der Waals surface area contributed by atoms with Crippen LogP contribution in [0.25, 0.3) is 0 Å². The number of carbonyl (C=O) groups is 2. The zero-order chi connectivity index (χ0) is 16.1. The number of nitrogens with zero attached hydrogens (tertiary/aromatic N) is 1. The van der Waals surface area contributed by atoms with Gasteiger partial charge in [0.15, 0.2) is 0 Å². The van der Waals surface area contributed by atoms with Crippen molar-refractivity contribution in [3.63, 3.8) is 0 Å². The molecule has 1 aliphatic heterocycles. The molecule has 1 saturated heterocycles. The smallest absolute Gasteiger partial charge is 0.251 e. The summed E-state index contributed by atoms with van der Waals surface area (Å²) in [6.45, 7) is 2.86. The summed E-state index contributed by atoms with van der Waals surface area (Å²) in [6.07, 6.45) is 4.25. The van der Waals surface area contributed by atoms with E-state index in [0.717, 1.165) is 38.4 Å². The third-order valence-corrected chi connectivity index (χ3v) is 4.63. The van der Waals surface area contributed by atoms with E-state index in [1.165, 1.54) is 12.8 Å². The molecule has 5 heteroatoms. The van der Waals surface area contributed by atoms with Crippen molar-refractivity contribution in [1.82, 2.24) is 15.5 Å². The number of amides is 2. The number of rotatable bonds is 6. The van der Waals surface area contributed by atoms with Crippen molar-refractivity contribution < 1.29 is 9.59 Å². The predicted molar refractivity (Wildman–Crippen MR) is 89.1 cm³/mol. The van der Waals surface area contributed by atoms with Gasteiger partial charge >= 0.3 is 0 Å². The second-order valence-electron chi connectivity index (χ2n) is 6.57. The van der Waals surface area contributed by atoms with Crippen LogP contribution < -0.4 is 10.6 Å². The normalized spacial score (nSPS) is 18.7. The van der Waals surface area contributed by atoms with Crippen LogP contribution in [0.15, 0.2) is 30.3 Å². The summed E-state index contributed by atoms with van der Waals surface area (Å²) >= 11 is 0. The Hall–Kier alpha value is -1.88. The fraction of sp³-hybridized carbons (Fsp3) is 0.556. The summed E-state index contributed by atoms with van der Waals surface area (Å²) in [4.78, 5) is 26.2. The van der Waals surface area contributed by atoms with Crippen LogP contribution in [0, 0.1) is 5.92 Å². The van der Waals surface area contributed by atoms with Gasteiger partial charge in [-0.05, 0) is 50.3 Å². The van der Waals surface area contributed by atoms with Crippen molar-refractivity contribution in [2.45, 2.75) is 31.7 Å². The maximum Gasteiger partial charge on any atom is 0.251 e. The number of hydrogen-bond donors (Lipinski definition) is 2. The van der Waals surface area contributed by atoms with Gasteiger partial charge in [0.1, 0.15) is 0 Å². The molecule has 23 heavy (non-hydrogen) atoms. The van der Waals surface area contributed by atoms with Gasteiger partial charge < -0.3 is 15.5 Å².